The van der Waals surface area contributed by atoms with Gasteiger partial charge in [0.1, 0.15) is 17.3 Å². The topological polar surface area (TPSA) is 103 Å². The molecule has 4 rings (SSSR count). The number of piperidine rings is 1. The van der Waals surface area contributed by atoms with Crippen molar-refractivity contribution in [2.45, 2.75) is 25.4 Å². The van der Waals surface area contributed by atoms with Crippen molar-refractivity contribution in [3.05, 3.63) is 72.3 Å². The molecule has 0 atom stereocenters. The SMILES string of the molecule is CN(C)C/C=C/C(=O)N1CCC(n2nc(-c3ccc(Oc4ccccc4)cc3)c(CN)c2N)CC1. The van der Waals surface area contributed by atoms with Gasteiger partial charge in [-0.2, -0.15) is 5.10 Å². The fraction of sp³-hybridized carbons (Fsp3) is 0.333. The highest BCUT2D eigenvalue weighted by Gasteiger charge is 2.27. The summed E-state index contributed by atoms with van der Waals surface area (Å²) in [6.45, 7) is 2.40. The summed E-state index contributed by atoms with van der Waals surface area (Å²) in [6, 6.07) is 17.6. The number of anilines is 1. The quantitative estimate of drug-likeness (QED) is 0.483. The van der Waals surface area contributed by atoms with Gasteiger partial charge in [-0.15, -0.1) is 0 Å². The van der Waals surface area contributed by atoms with Gasteiger partial charge in [-0.25, -0.2) is 4.68 Å². The molecule has 184 valence electrons. The summed E-state index contributed by atoms with van der Waals surface area (Å²) in [7, 11) is 3.96. The number of nitrogens with two attached hydrogens (primary N) is 2. The van der Waals surface area contributed by atoms with Gasteiger partial charge in [0.05, 0.1) is 11.7 Å². The van der Waals surface area contributed by atoms with Crippen LogP contribution in [0.25, 0.3) is 11.3 Å². The summed E-state index contributed by atoms with van der Waals surface area (Å²) in [5, 5.41) is 4.87. The Balaban J connectivity index is 1.45. The third-order valence-corrected chi connectivity index (χ3v) is 6.21. The molecule has 1 aliphatic heterocycles. The minimum atomic E-state index is 0.0554. The van der Waals surface area contributed by atoms with Gasteiger partial charge in [0.2, 0.25) is 5.91 Å². The molecule has 0 bridgehead atoms. The Hall–Kier alpha value is -3.62. The zero-order chi connectivity index (χ0) is 24.8. The van der Waals surface area contributed by atoms with Gasteiger partial charge in [-0.1, -0.05) is 24.3 Å². The van der Waals surface area contributed by atoms with E-state index in [0.29, 0.717) is 25.5 Å². The molecule has 1 aromatic heterocycles. The van der Waals surface area contributed by atoms with E-state index >= 15 is 0 Å². The number of amides is 1. The molecular weight excluding hydrogens is 440 g/mol. The average Bonchev–Trinajstić information content (AvgIpc) is 3.21. The molecule has 1 fully saturated rings. The molecule has 8 heteroatoms. The number of aromatic nitrogens is 2. The molecule has 2 heterocycles. The highest BCUT2D eigenvalue weighted by Crippen LogP contribution is 2.33. The van der Waals surface area contributed by atoms with Crippen molar-refractivity contribution in [2.24, 2.45) is 5.73 Å². The van der Waals surface area contributed by atoms with Crippen molar-refractivity contribution in [3.63, 3.8) is 0 Å². The van der Waals surface area contributed by atoms with Crippen molar-refractivity contribution < 1.29 is 9.53 Å². The Morgan fingerprint density at radius 3 is 2.37 bits per heavy atom. The lowest BCUT2D eigenvalue weighted by molar-refractivity contribution is -0.127. The molecule has 0 radical (unpaired) electrons. The van der Waals surface area contributed by atoms with Crippen LogP contribution in [0.3, 0.4) is 0 Å². The van der Waals surface area contributed by atoms with Crippen LogP contribution in [0.4, 0.5) is 5.82 Å². The molecule has 4 N–H and O–H groups in total. The van der Waals surface area contributed by atoms with Crippen molar-refractivity contribution in [3.8, 4) is 22.8 Å². The Morgan fingerprint density at radius 2 is 1.74 bits per heavy atom. The van der Waals surface area contributed by atoms with Gasteiger partial charge >= 0.3 is 0 Å². The average molecular weight is 475 g/mol. The molecule has 8 nitrogen and oxygen atoms in total. The molecule has 0 aliphatic carbocycles. The smallest absolute Gasteiger partial charge is 0.246 e. The normalized spacial score (nSPS) is 14.7. The number of para-hydroxylation sites is 1. The maximum absolute atomic E-state index is 12.5. The first-order chi connectivity index (χ1) is 17.0. The molecule has 0 spiro atoms. The van der Waals surface area contributed by atoms with Gasteiger partial charge in [0.15, 0.2) is 0 Å². The summed E-state index contributed by atoms with van der Waals surface area (Å²) in [4.78, 5) is 16.4. The first-order valence-electron chi connectivity index (χ1n) is 12.0. The monoisotopic (exact) mass is 474 g/mol. The number of ether oxygens (including phenoxy) is 1. The number of likely N-dealkylation sites (tertiary alicyclic amines) is 1. The Morgan fingerprint density at radius 1 is 1.09 bits per heavy atom. The predicted octanol–water partition coefficient (Wildman–Crippen LogP) is 3.66. The van der Waals surface area contributed by atoms with Gasteiger partial charge in [-0.05, 0) is 63.3 Å². The molecule has 3 aromatic rings. The van der Waals surface area contributed by atoms with Gasteiger partial charge in [-0.3, -0.25) is 4.79 Å². The van der Waals surface area contributed by atoms with Crippen molar-refractivity contribution in [1.82, 2.24) is 19.6 Å². The van der Waals surface area contributed by atoms with Gasteiger partial charge in [0, 0.05) is 43.4 Å². The van der Waals surface area contributed by atoms with Gasteiger partial charge < -0.3 is 26.0 Å². The van der Waals surface area contributed by atoms with Gasteiger partial charge in [0.25, 0.3) is 0 Å². The minimum Gasteiger partial charge on any atom is -0.457 e. The Bertz CT molecular complexity index is 1150. The van der Waals surface area contributed by atoms with Crippen molar-refractivity contribution in [2.75, 3.05) is 39.5 Å². The zero-order valence-electron chi connectivity index (χ0n) is 20.4. The molecule has 1 amide bonds. The maximum atomic E-state index is 12.5. The van der Waals surface area contributed by atoms with E-state index in [1.807, 2.05) is 89.3 Å². The standard InChI is InChI=1S/C27H34N6O2/c1-31(2)16-6-9-25(34)32-17-14-21(15-18-32)33-27(29)24(19-28)26(30-33)20-10-12-23(13-11-20)35-22-7-4-3-5-8-22/h3-13,21H,14-19,28-29H2,1-2H3/b9-6+. The molecular formula is C27H34N6O2. The lowest BCUT2D eigenvalue weighted by Crippen LogP contribution is -2.38. The number of likely N-dealkylation sites (N-methyl/N-ethyl adjacent to an activating group) is 1. The van der Waals surface area contributed by atoms with Crippen LogP contribution in [-0.4, -0.2) is 59.2 Å². The zero-order valence-corrected chi connectivity index (χ0v) is 20.4. The molecule has 2 aromatic carbocycles. The van der Waals surface area contributed by atoms with E-state index in [1.165, 1.54) is 0 Å². The lowest BCUT2D eigenvalue weighted by atomic mass is 10.0. The molecule has 1 aliphatic rings. The van der Waals surface area contributed by atoms with Crippen LogP contribution in [0.1, 0.15) is 24.4 Å². The van der Waals surface area contributed by atoms with Crippen LogP contribution >= 0.6 is 0 Å². The second-order valence-corrected chi connectivity index (χ2v) is 9.02. The molecule has 0 unspecified atom stereocenters. The third kappa shape index (κ3) is 5.90. The third-order valence-electron chi connectivity index (χ3n) is 6.21. The highest BCUT2D eigenvalue weighted by molar-refractivity contribution is 5.87. The number of nitrogens with zero attached hydrogens (tertiary/aromatic N) is 4. The second kappa shape index (κ2) is 11.2. The number of nitrogen functional groups attached to an aromatic ring is 1. The van der Waals surface area contributed by atoms with E-state index in [4.69, 9.17) is 21.3 Å². The minimum absolute atomic E-state index is 0.0554. The summed E-state index contributed by atoms with van der Waals surface area (Å²) in [6.07, 6.45) is 5.16. The second-order valence-electron chi connectivity index (χ2n) is 9.02. The fourth-order valence-electron chi connectivity index (χ4n) is 4.30. The number of rotatable bonds is 8. The number of carbonyl (C=O) groups is 1. The summed E-state index contributed by atoms with van der Waals surface area (Å²) in [5.41, 5.74) is 15.1. The van der Waals surface area contributed by atoms with Crippen LogP contribution in [0.5, 0.6) is 11.5 Å². The number of hydrogen-bond donors (Lipinski definition) is 2. The van der Waals surface area contributed by atoms with E-state index in [-0.39, 0.29) is 11.9 Å². The van der Waals surface area contributed by atoms with Crippen molar-refractivity contribution >= 4 is 11.7 Å². The van der Waals surface area contributed by atoms with Crippen LogP contribution in [0, 0.1) is 0 Å². The first kappa shape index (κ1) is 24.5. The number of benzene rings is 2. The number of hydrogen-bond acceptors (Lipinski definition) is 6. The van der Waals surface area contributed by atoms with E-state index in [2.05, 4.69) is 0 Å². The largest absolute Gasteiger partial charge is 0.457 e. The summed E-state index contributed by atoms with van der Waals surface area (Å²) < 4.78 is 7.80. The molecule has 1 saturated heterocycles. The fourth-order valence-corrected chi connectivity index (χ4v) is 4.30. The lowest BCUT2D eigenvalue weighted by Gasteiger charge is -2.32. The highest BCUT2D eigenvalue weighted by atomic mass is 16.5. The van der Waals surface area contributed by atoms with E-state index < -0.39 is 0 Å². The Kier molecular flexibility index (Phi) is 7.84. The Labute approximate surface area is 206 Å². The van der Waals surface area contributed by atoms with E-state index in [9.17, 15) is 4.79 Å². The van der Waals surface area contributed by atoms with Crippen LogP contribution in [0.15, 0.2) is 66.7 Å². The van der Waals surface area contributed by atoms with Crippen molar-refractivity contribution in [1.29, 1.82) is 0 Å². The molecule has 0 saturated carbocycles. The van der Waals surface area contributed by atoms with E-state index in [1.54, 1.807) is 6.08 Å². The predicted molar refractivity (Wildman–Crippen MR) is 139 cm³/mol. The van der Waals surface area contributed by atoms with Crippen LogP contribution in [-0.2, 0) is 11.3 Å². The summed E-state index contributed by atoms with van der Waals surface area (Å²) in [5.74, 6) is 2.19. The number of carbonyl (C=O) groups excluding carboxylic acids is 1. The first-order valence-corrected chi connectivity index (χ1v) is 12.0. The van der Waals surface area contributed by atoms with E-state index in [0.717, 1.165) is 47.7 Å². The summed E-state index contributed by atoms with van der Waals surface area (Å²) >= 11 is 0. The maximum Gasteiger partial charge on any atom is 0.246 e. The molecule has 35 heavy (non-hydrogen) atoms. The van der Waals surface area contributed by atoms with Crippen LogP contribution < -0.4 is 16.2 Å². The van der Waals surface area contributed by atoms with Crippen LogP contribution in [0.2, 0.25) is 0 Å².